The lowest BCUT2D eigenvalue weighted by molar-refractivity contribution is 1.14. The number of hydrogen-bond donors (Lipinski definition) is 1. The second kappa shape index (κ2) is 3.01. The summed E-state index contributed by atoms with van der Waals surface area (Å²) in [6, 6.07) is 2.49. The van der Waals surface area contributed by atoms with Crippen LogP contribution in [0.25, 0.3) is 0 Å². The summed E-state index contributed by atoms with van der Waals surface area (Å²) in [4.78, 5) is 13.5. The van der Waals surface area contributed by atoms with E-state index in [9.17, 15) is 4.79 Å². The number of hydrogen-bond acceptors (Lipinski definition) is 1. The van der Waals surface area contributed by atoms with Crippen LogP contribution >= 0.6 is 0 Å². The Morgan fingerprint density at radius 2 is 2.60 bits per heavy atom. The summed E-state index contributed by atoms with van der Waals surface area (Å²) < 4.78 is 0. The number of allylic oxidation sites excluding steroid dienone is 1. The van der Waals surface area contributed by atoms with Crippen LogP contribution in [0, 0.1) is 12.3 Å². The predicted molar refractivity (Wildman–Crippen MR) is 38.6 cm³/mol. The molecule has 0 fully saturated rings. The van der Waals surface area contributed by atoms with Crippen LogP contribution in [0.5, 0.6) is 0 Å². The summed E-state index contributed by atoms with van der Waals surface area (Å²) in [5.41, 5.74) is 0.469. The highest BCUT2D eigenvalue weighted by Gasteiger charge is 1.93. The normalized spacial score (nSPS) is 9.20. The molecule has 50 valence electrons. The number of nitrogens with one attached hydrogen (secondary N) is 1. The van der Waals surface area contributed by atoms with Gasteiger partial charge in [-0.1, -0.05) is 6.08 Å². The van der Waals surface area contributed by atoms with Crippen LogP contribution in [0.3, 0.4) is 0 Å². The van der Waals surface area contributed by atoms with Crippen molar-refractivity contribution in [3.05, 3.63) is 46.9 Å². The molecule has 0 unspecified atom stereocenters. The molecule has 2 radical (unpaired) electrons. The smallest absolute Gasteiger partial charge is 0.193 e. The van der Waals surface area contributed by atoms with Crippen LogP contribution in [-0.4, -0.2) is 4.98 Å². The van der Waals surface area contributed by atoms with E-state index in [-0.39, 0.29) is 5.43 Å². The molecule has 0 saturated carbocycles. The van der Waals surface area contributed by atoms with Gasteiger partial charge in [0.05, 0.1) is 12.3 Å². The van der Waals surface area contributed by atoms with E-state index in [0.717, 1.165) is 0 Å². The Kier molecular flexibility index (Phi) is 2.05. The average Bonchev–Trinajstić information content (AvgIpc) is 1.94. The Bertz CT molecular complexity index is 275. The van der Waals surface area contributed by atoms with Crippen molar-refractivity contribution in [3.63, 3.8) is 0 Å². The number of rotatable bonds is 2. The maximum absolute atomic E-state index is 10.9. The summed E-state index contributed by atoms with van der Waals surface area (Å²) >= 11 is 0. The maximum atomic E-state index is 10.9. The van der Waals surface area contributed by atoms with Crippen molar-refractivity contribution in [3.8, 4) is 0 Å². The molecule has 1 aromatic rings. The standard InChI is InChI=1S/C8H7NO/c1-2-3-7-6-9-5-4-8(7)10/h2,5H,1,3H2,(H,9,10). The Hall–Kier alpha value is -1.31. The predicted octanol–water partition coefficient (Wildman–Crippen LogP) is 0.704. The summed E-state index contributed by atoms with van der Waals surface area (Å²) in [5.74, 6) is 0. The molecule has 2 nitrogen and oxygen atoms in total. The lowest BCUT2D eigenvalue weighted by Gasteiger charge is -1.89. The Labute approximate surface area is 59.2 Å². The van der Waals surface area contributed by atoms with Crippen molar-refractivity contribution in [1.29, 1.82) is 0 Å². The zero-order valence-electron chi connectivity index (χ0n) is 5.48. The fourth-order valence-corrected chi connectivity index (χ4v) is 0.657. The van der Waals surface area contributed by atoms with E-state index in [4.69, 9.17) is 0 Å². The molecule has 0 atom stereocenters. The minimum Gasteiger partial charge on any atom is -0.359 e. The third-order valence-corrected chi connectivity index (χ3v) is 1.12. The molecular weight excluding hydrogens is 126 g/mol. The van der Waals surface area contributed by atoms with Crippen molar-refractivity contribution in [2.24, 2.45) is 0 Å². The Morgan fingerprint density at radius 3 is 3.20 bits per heavy atom. The first-order valence-corrected chi connectivity index (χ1v) is 2.95. The summed E-state index contributed by atoms with van der Waals surface area (Å²) in [6.45, 7) is 3.51. The molecule has 0 bridgehead atoms. The molecule has 0 saturated heterocycles. The van der Waals surface area contributed by atoms with Gasteiger partial charge in [-0.15, -0.1) is 6.58 Å². The summed E-state index contributed by atoms with van der Waals surface area (Å²) in [5, 5.41) is 0. The highest BCUT2D eigenvalue weighted by molar-refractivity contribution is 5.09. The molecule has 0 aromatic carbocycles. The van der Waals surface area contributed by atoms with Gasteiger partial charge in [0.15, 0.2) is 5.43 Å². The molecule has 0 amide bonds. The minimum atomic E-state index is -0.112. The minimum absolute atomic E-state index is 0.112. The fourth-order valence-electron chi connectivity index (χ4n) is 0.657. The number of H-pyrrole nitrogens is 1. The van der Waals surface area contributed by atoms with Gasteiger partial charge in [-0.05, 0) is 6.42 Å². The quantitative estimate of drug-likeness (QED) is 0.592. The van der Waals surface area contributed by atoms with Crippen LogP contribution in [-0.2, 0) is 6.42 Å². The Balaban J connectivity index is 3.03. The van der Waals surface area contributed by atoms with Crippen molar-refractivity contribution in [2.75, 3.05) is 0 Å². The molecule has 2 heteroatoms. The second-order valence-electron chi connectivity index (χ2n) is 1.86. The molecule has 0 aliphatic carbocycles. The lowest BCUT2D eigenvalue weighted by atomic mass is 10.2. The summed E-state index contributed by atoms with van der Waals surface area (Å²) in [6.07, 6.45) is 6.35. The largest absolute Gasteiger partial charge is 0.359 e. The molecule has 0 aliphatic rings. The molecule has 1 heterocycles. The van der Waals surface area contributed by atoms with Crippen molar-refractivity contribution < 1.29 is 0 Å². The van der Waals surface area contributed by atoms with E-state index in [0.29, 0.717) is 12.0 Å². The third-order valence-electron chi connectivity index (χ3n) is 1.12. The van der Waals surface area contributed by atoms with Gasteiger partial charge in [0, 0.05) is 11.8 Å². The first-order valence-electron chi connectivity index (χ1n) is 2.95. The molecule has 0 aliphatic heterocycles. The molecule has 0 spiro atoms. The van der Waals surface area contributed by atoms with E-state index in [1.165, 1.54) is 6.20 Å². The van der Waals surface area contributed by atoms with E-state index >= 15 is 0 Å². The summed E-state index contributed by atoms with van der Waals surface area (Å²) in [7, 11) is 0. The van der Waals surface area contributed by atoms with E-state index < -0.39 is 0 Å². The SMILES string of the molecule is C=CCc1[c][nH]c[c]c1=O. The zero-order chi connectivity index (χ0) is 7.40. The van der Waals surface area contributed by atoms with Crippen molar-refractivity contribution in [1.82, 2.24) is 4.98 Å². The molecule has 10 heavy (non-hydrogen) atoms. The Morgan fingerprint density at radius 1 is 1.80 bits per heavy atom. The molecular formula is C8H7NO. The maximum Gasteiger partial charge on any atom is 0.193 e. The van der Waals surface area contributed by atoms with Crippen molar-refractivity contribution in [2.45, 2.75) is 6.42 Å². The van der Waals surface area contributed by atoms with E-state index in [2.05, 4.69) is 23.8 Å². The lowest BCUT2D eigenvalue weighted by Crippen LogP contribution is -2.06. The van der Waals surface area contributed by atoms with Gasteiger partial charge in [-0.2, -0.15) is 0 Å². The topological polar surface area (TPSA) is 32.9 Å². The number of pyridine rings is 1. The fraction of sp³-hybridized carbons (Fsp3) is 0.125. The van der Waals surface area contributed by atoms with Gasteiger partial charge in [-0.25, -0.2) is 0 Å². The monoisotopic (exact) mass is 133 g/mol. The van der Waals surface area contributed by atoms with Crippen LogP contribution in [0.1, 0.15) is 5.56 Å². The number of aromatic amines is 1. The van der Waals surface area contributed by atoms with Gasteiger partial charge >= 0.3 is 0 Å². The average molecular weight is 133 g/mol. The van der Waals surface area contributed by atoms with Crippen LogP contribution < -0.4 is 5.43 Å². The molecule has 1 N–H and O–H groups in total. The van der Waals surface area contributed by atoms with Gasteiger partial charge in [0.2, 0.25) is 0 Å². The van der Waals surface area contributed by atoms with Crippen molar-refractivity contribution >= 4 is 0 Å². The first-order chi connectivity index (χ1) is 4.84. The van der Waals surface area contributed by atoms with Gasteiger partial charge in [0.1, 0.15) is 0 Å². The second-order valence-corrected chi connectivity index (χ2v) is 1.86. The zero-order valence-corrected chi connectivity index (χ0v) is 5.48. The van der Waals surface area contributed by atoms with Gasteiger partial charge in [0.25, 0.3) is 0 Å². The van der Waals surface area contributed by atoms with E-state index in [1.807, 2.05) is 0 Å². The highest BCUT2D eigenvalue weighted by atomic mass is 16.1. The van der Waals surface area contributed by atoms with Crippen LogP contribution in [0.4, 0.5) is 0 Å². The van der Waals surface area contributed by atoms with Crippen LogP contribution in [0.15, 0.2) is 23.6 Å². The first kappa shape index (κ1) is 6.81. The molecule has 1 rings (SSSR count). The van der Waals surface area contributed by atoms with E-state index in [1.54, 1.807) is 6.08 Å². The third kappa shape index (κ3) is 1.35. The van der Waals surface area contributed by atoms with Crippen LogP contribution in [0.2, 0.25) is 0 Å². The van der Waals surface area contributed by atoms with Gasteiger partial charge in [-0.3, -0.25) is 4.79 Å². The van der Waals surface area contributed by atoms with Gasteiger partial charge < -0.3 is 4.98 Å². The highest BCUT2D eigenvalue weighted by Crippen LogP contribution is 1.87. The molecule has 1 aromatic heterocycles. The number of aromatic nitrogens is 1.